The van der Waals surface area contributed by atoms with E-state index in [1.165, 1.54) is 12.0 Å². The Bertz CT molecular complexity index is 576. The van der Waals surface area contributed by atoms with Crippen molar-refractivity contribution < 1.29 is 14.3 Å². The largest absolute Gasteiger partial charge is 0.466 e. The molecule has 4 nitrogen and oxygen atoms in total. The van der Waals surface area contributed by atoms with Gasteiger partial charge in [-0.05, 0) is 56.9 Å². The molecule has 0 radical (unpaired) electrons. The first-order valence-corrected chi connectivity index (χ1v) is 9.06. The predicted octanol–water partition coefficient (Wildman–Crippen LogP) is 4.03. The molecule has 1 aliphatic rings. The first kappa shape index (κ1) is 18.5. The van der Waals surface area contributed by atoms with E-state index in [0.29, 0.717) is 18.7 Å². The fraction of sp³-hybridized carbons (Fsp3) is 0.600. The van der Waals surface area contributed by atoms with Gasteiger partial charge in [-0.3, -0.25) is 9.59 Å². The normalized spacial score (nSPS) is 15.1. The highest BCUT2D eigenvalue weighted by Gasteiger charge is 2.27. The molecule has 0 aliphatic heterocycles. The zero-order chi connectivity index (χ0) is 17.5. The Kier molecular flexibility index (Phi) is 6.83. The lowest BCUT2D eigenvalue weighted by Gasteiger charge is -2.34. The number of carbonyl (C=O) groups is 2. The molecule has 0 spiro atoms. The van der Waals surface area contributed by atoms with Crippen molar-refractivity contribution in [3.05, 3.63) is 34.9 Å². The van der Waals surface area contributed by atoms with Crippen LogP contribution >= 0.6 is 0 Å². The first-order chi connectivity index (χ1) is 11.5. The van der Waals surface area contributed by atoms with Crippen molar-refractivity contribution in [1.29, 1.82) is 0 Å². The van der Waals surface area contributed by atoms with E-state index in [9.17, 15) is 9.59 Å². The lowest BCUT2D eigenvalue weighted by molar-refractivity contribution is -0.143. The molecule has 24 heavy (non-hydrogen) atoms. The molecule has 1 aromatic rings. The number of nitrogens with zero attached hydrogens (tertiary/aromatic N) is 1. The van der Waals surface area contributed by atoms with E-state index >= 15 is 0 Å². The number of ether oxygens (including phenoxy) is 1. The number of benzene rings is 1. The molecule has 0 atom stereocenters. The maximum atomic E-state index is 13.1. The Morgan fingerprint density at radius 1 is 1.12 bits per heavy atom. The van der Waals surface area contributed by atoms with Crippen LogP contribution in [0.2, 0.25) is 0 Å². The Morgan fingerprint density at radius 2 is 1.83 bits per heavy atom. The third-order valence-corrected chi connectivity index (χ3v) is 4.89. The van der Waals surface area contributed by atoms with E-state index in [0.717, 1.165) is 31.2 Å². The molecule has 1 aliphatic carbocycles. The van der Waals surface area contributed by atoms with E-state index in [-0.39, 0.29) is 24.3 Å². The van der Waals surface area contributed by atoms with Gasteiger partial charge in [0.25, 0.3) is 5.91 Å². The molecule has 0 saturated heterocycles. The van der Waals surface area contributed by atoms with E-state index < -0.39 is 0 Å². The summed E-state index contributed by atoms with van der Waals surface area (Å²) < 4.78 is 5.02. The lowest BCUT2D eigenvalue weighted by Crippen LogP contribution is -2.42. The number of aryl methyl sites for hydroxylation is 2. The average Bonchev–Trinajstić information content (AvgIpc) is 2.58. The number of amides is 1. The predicted molar refractivity (Wildman–Crippen MR) is 95.1 cm³/mol. The van der Waals surface area contributed by atoms with E-state index in [1.807, 2.05) is 36.9 Å². The second-order valence-electron chi connectivity index (χ2n) is 6.64. The van der Waals surface area contributed by atoms with E-state index in [1.54, 1.807) is 6.92 Å². The maximum Gasteiger partial charge on any atom is 0.307 e. The van der Waals surface area contributed by atoms with Crippen LogP contribution in [-0.4, -0.2) is 36.0 Å². The van der Waals surface area contributed by atoms with Crippen molar-refractivity contribution >= 4 is 11.9 Å². The molecule has 2 rings (SSSR count). The van der Waals surface area contributed by atoms with Gasteiger partial charge in [0.2, 0.25) is 0 Å². The molecule has 0 heterocycles. The van der Waals surface area contributed by atoms with Crippen LogP contribution in [0.5, 0.6) is 0 Å². The quantitative estimate of drug-likeness (QED) is 0.739. The van der Waals surface area contributed by atoms with Gasteiger partial charge in [-0.25, -0.2) is 0 Å². The molecular formula is C20H29NO3. The number of carbonyl (C=O) groups excluding carboxylic acids is 2. The Hall–Kier alpha value is -1.84. The van der Waals surface area contributed by atoms with Crippen molar-refractivity contribution in [1.82, 2.24) is 4.90 Å². The van der Waals surface area contributed by atoms with Gasteiger partial charge in [0.05, 0.1) is 13.0 Å². The topological polar surface area (TPSA) is 46.6 Å². The highest BCUT2D eigenvalue weighted by Crippen LogP contribution is 2.25. The molecule has 1 aromatic carbocycles. The SMILES string of the molecule is CCOC(=O)CCN(C(=O)c1ccc(C)c(C)c1)C1CCCCC1. The lowest BCUT2D eigenvalue weighted by atomic mass is 9.93. The van der Waals surface area contributed by atoms with Gasteiger partial charge in [-0.2, -0.15) is 0 Å². The van der Waals surface area contributed by atoms with Crippen LogP contribution in [-0.2, 0) is 9.53 Å². The molecule has 0 N–H and O–H groups in total. The van der Waals surface area contributed by atoms with Crippen molar-refractivity contribution in [3.8, 4) is 0 Å². The maximum absolute atomic E-state index is 13.1. The smallest absolute Gasteiger partial charge is 0.307 e. The number of hydrogen-bond donors (Lipinski definition) is 0. The number of hydrogen-bond acceptors (Lipinski definition) is 3. The van der Waals surface area contributed by atoms with Gasteiger partial charge in [0.15, 0.2) is 0 Å². The minimum Gasteiger partial charge on any atom is -0.466 e. The Morgan fingerprint density at radius 3 is 2.46 bits per heavy atom. The fourth-order valence-corrected chi connectivity index (χ4v) is 3.33. The Balaban J connectivity index is 2.14. The summed E-state index contributed by atoms with van der Waals surface area (Å²) in [4.78, 5) is 26.7. The standard InChI is InChI=1S/C20H29NO3/c1-4-24-19(22)12-13-21(18-8-6-5-7-9-18)20(23)17-11-10-15(2)16(3)14-17/h10-11,14,18H,4-9,12-13H2,1-3H3. The Labute approximate surface area is 145 Å². The highest BCUT2D eigenvalue weighted by atomic mass is 16.5. The van der Waals surface area contributed by atoms with Gasteiger partial charge >= 0.3 is 5.97 Å². The van der Waals surface area contributed by atoms with Crippen LogP contribution in [0.25, 0.3) is 0 Å². The molecule has 132 valence electrons. The molecule has 1 amide bonds. The monoisotopic (exact) mass is 331 g/mol. The van der Waals surface area contributed by atoms with Gasteiger partial charge in [0, 0.05) is 18.2 Å². The zero-order valence-electron chi connectivity index (χ0n) is 15.1. The molecule has 0 aromatic heterocycles. The average molecular weight is 331 g/mol. The van der Waals surface area contributed by atoms with Crippen LogP contribution in [0.4, 0.5) is 0 Å². The second kappa shape index (κ2) is 8.86. The van der Waals surface area contributed by atoms with E-state index in [2.05, 4.69) is 0 Å². The minimum atomic E-state index is -0.230. The van der Waals surface area contributed by atoms with Gasteiger partial charge in [-0.1, -0.05) is 25.3 Å². The fourth-order valence-electron chi connectivity index (χ4n) is 3.33. The summed E-state index contributed by atoms with van der Waals surface area (Å²) in [6.45, 7) is 6.69. The van der Waals surface area contributed by atoms with Crippen molar-refractivity contribution in [3.63, 3.8) is 0 Å². The van der Waals surface area contributed by atoms with Crippen molar-refractivity contribution in [2.45, 2.75) is 65.3 Å². The highest BCUT2D eigenvalue weighted by molar-refractivity contribution is 5.95. The first-order valence-electron chi connectivity index (χ1n) is 9.06. The summed E-state index contributed by atoms with van der Waals surface area (Å²) in [5, 5.41) is 0. The van der Waals surface area contributed by atoms with Gasteiger partial charge in [-0.15, -0.1) is 0 Å². The minimum absolute atomic E-state index is 0.0364. The summed E-state index contributed by atoms with van der Waals surface area (Å²) >= 11 is 0. The van der Waals surface area contributed by atoms with Crippen LogP contribution in [0, 0.1) is 13.8 Å². The van der Waals surface area contributed by atoms with Crippen molar-refractivity contribution in [2.24, 2.45) is 0 Å². The molecule has 0 unspecified atom stereocenters. The van der Waals surface area contributed by atoms with Gasteiger partial charge in [0.1, 0.15) is 0 Å². The molecule has 0 bridgehead atoms. The number of rotatable bonds is 6. The molecule has 1 fully saturated rings. The number of esters is 1. The molecular weight excluding hydrogens is 302 g/mol. The van der Waals surface area contributed by atoms with Gasteiger partial charge < -0.3 is 9.64 Å². The van der Waals surface area contributed by atoms with Crippen LogP contribution in [0.15, 0.2) is 18.2 Å². The molecule has 4 heteroatoms. The molecule has 1 saturated carbocycles. The zero-order valence-corrected chi connectivity index (χ0v) is 15.1. The summed E-state index contributed by atoms with van der Waals surface area (Å²) in [5.41, 5.74) is 3.02. The second-order valence-corrected chi connectivity index (χ2v) is 6.64. The third-order valence-electron chi connectivity index (χ3n) is 4.89. The summed E-state index contributed by atoms with van der Waals surface area (Å²) in [6, 6.07) is 6.08. The van der Waals surface area contributed by atoms with E-state index in [4.69, 9.17) is 4.74 Å². The van der Waals surface area contributed by atoms with Crippen LogP contribution in [0.1, 0.15) is 66.9 Å². The van der Waals surface area contributed by atoms with Crippen molar-refractivity contribution in [2.75, 3.05) is 13.2 Å². The third kappa shape index (κ3) is 4.83. The van der Waals surface area contributed by atoms with Crippen LogP contribution < -0.4 is 0 Å². The van der Waals surface area contributed by atoms with Crippen LogP contribution in [0.3, 0.4) is 0 Å². The summed E-state index contributed by atoms with van der Waals surface area (Å²) in [6.07, 6.45) is 5.86. The summed E-state index contributed by atoms with van der Waals surface area (Å²) in [7, 11) is 0. The summed E-state index contributed by atoms with van der Waals surface area (Å²) in [5.74, 6) is -0.194.